The van der Waals surface area contributed by atoms with Crippen LogP contribution in [-0.2, 0) is 5.41 Å². The van der Waals surface area contributed by atoms with E-state index in [0.717, 1.165) is 5.69 Å². The monoisotopic (exact) mass is 526 g/mol. The molecule has 2 nitrogen and oxygen atoms in total. The number of para-hydroxylation sites is 3. The van der Waals surface area contributed by atoms with Gasteiger partial charge in [0.2, 0.25) is 0 Å². The van der Waals surface area contributed by atoms with Gasteiger partial charge < -0.3 is 9.47 Å². The average Bonchev–Trinajstić information content (AvgIpc) is 3.48. The summed E-state index contributed by atoms with van der Waals surface area (Å²) in [5.74, 6) is 0. The van der Waals surface area contributed by atoms with Crippen LogP contribution < -0.4 is 4.90 Å². The number of hydrogen-bond acceptors (Lipinski definition) is 1. The Morgan fingerprint density at radius 2 is 1.17 bits per heavy atom. The summed E-state index contributed by atoms with van der Waals surface area (Å²) in [5, 5.41) is 2.50. The molecule has 0 unspecified atom stereocenters. The summed E-state index contributed by atoms with van der Waals surface area (Å²) in [6, 6.07) is 52.8. The van der Waals surface area contributed by atoms with E-state index in [2.05, 4.69) is 169 Å². The number of fused-ring (bicyclic) bond motifs is 6. The fourth-order valence-electron chi connectivity index (χ4n) is 6.88. The van der Waals surface area contributed by atoms with Crippen molar-refractivity contribution in [2.24, 2.45) is 0 Å². The maximum absolute atomic E-state index is 2.43. The molecule has 0 amide bonds. The van der Waals surface area contributed by atoms with Crippen LogP contribution in [-0.4, -0.2) is 4.57 Å². The van der Waals surface area contributed by atoms with E-state index < -0.39 is 0 Å². The highest BCUT2D eigenvalue weighted by atomic mass is 15.1. The van der Waals surface area contributed by atoms with Gasteiger partial charge in [0, 0.05) is 33.2 Å². The summed E-state index contributed by atoms with van der Waals surface area (Å²) >= 11 is 0. The molecule has 0 fully saturated rings. The van der Waals surface area contributed by atoms with Crippen LogP contribution in [0.3, 0.4) is 0 Å². The normalized spacial score (nSPS) is 13.3. The van der Waals surface area contributed by atoms with Crippen LogP contribution in [0.25, 0.3) is 38.6 Å². The van der Waals surface area contributed by atoms with E-state index in [9.17, 15) is 0 Å². The molecule has 6 aromatic carbocycles. The van der Waals surface area contributed by atoms with E-state index >= 15 is 0 Å². The number of anilines is 3. The van der Waals surface area contributed by atoms with Gasteiger partial charge in [0.25, 0.3) is 0 Å². The van der Waals surface area contributed by atoms with Gasteiger partial charge in [0.1, 0.15) is 0 Å². The van der Waals surface area contributed by atoms with Gasteiger partial charge in [-0.25, -0.2) is 0 Å². The Balaban J connectivity index is 1.42. The van der Waals surface area contributed by atoms with Crippen LogP contribution >= 0.6 is 0 Å². The topological polar surface area (TPSA) is 8.17 Å². The zero-order valence-electron chi connectivity index (χ0n) is 23.3. The highest BCUT2D eigenvalue weighted by Gasteiger charge is 2.35. The van der Waals surface area contributed by atoms with Crippen LogP contribution in [0.15, 0.2) is 146 Å². The molecule has 0 N–H and O–H groups in total. The minimum Gasteiger partial charge on any atom is -0.310 e. The molecular formula is C39H30N2. The van der Waals surface area contributed by atoms with Crippen molar-refractivity contribution in [1.82, 2.24) is 4.57 Å². The standard InChI is InChI=1S/C39H30N2/c1-39(2)33-20-11-9-18-30(33)31-25-24-29(26-34(31)39)40(27-14-5-3-6-15-27)36-22-13-23-37-38(36)32-19-10-12-21-35(32)41(37)28-16-7-4-8-17-28/h3-26H,1-2H3. The van der Waals surface area contributed by atoms with Crippen molar-refractivity contribution in [3.63, 3.8) is 0 Å². The Hall–Kier alpha value is -5.08. The Morgan fingerprint density at radius 1 is 0.512 bits per heavy atom. The van der Waals surface area contributed by atoms with E-state index in [1.165, 1.54) is 61.1 Å². The first-order valence-corrected chi connectivity index (χ1v) is 14.3. The van der Waals surface area contributed by atoms with Crippen LogP contribution in [0, 0.1) is 0 Å². The lowest BCUT2D eigenvalue weighted by molar-refractivity contribution is 0.660. The Kier molecular flexibility index (Phi) is 5.20. The molecule has 1 aliphatic carbocycles. The van der Waals surface area contributed by atoms with E-state index in [1.807, 2.05) is 0 Å². The van der Waals surface area contributed by atoms with Crippen molar-refractivity contribution in [2.75, 3.05) is 4.90 Å². The van der Waals surface area contributed by atoms with Crippen molar-refractivity contribution in [3.8, 4) is 16.8 Å². The van der Waals surface area contributed by atoms with E-state index in [0.29, 0.717) is 0 Å². The quantitative estimate of drug-likeness (QED) is 0.221. The SMILES string of the molecule is CC1(C)c2ccccc2-c2ccc(N(c3ccccc3)c3cccc4c3c3ccccc3n4-c3ccccc3)cc21. The summed E-state index contributed by atoms with van der Waals surface area (Å²) in [4.78, 5) is 2.43. The van der Waals surface area contributed by atoms with Gasteiger partial charge in [-0.15, -0.1) is 0 Å². The van der Waals surface area contributed by atoms with E-state index in [1.54, 1.807) is 0 Å². The van der Waals surface area contributed by atoms with Crippen LogP contribution in [0.1, 0.15) is 25.0 Å². The van der Waals surface area contributed by atoms with E-state index in [-0.39, 0.29) is 5.41 Å². The van der Waals surface area contributed by atoms with Gasteiger partial charge in [-0.2, -0.15) is 0 Å². The lowest BCUT2D eigenvalue weighted by atomic mass is 9.82. The summed E-state index contributed by atoms with van der Waals surface area (Å²) < 4.78 is 2.39. The van der Waals surface area contributed by atoms with Gasteiger partial charge in [0.15, 0.2) is 0 Å². The third-order valence-electron chi connectivity index (χ3n) is 8.77. The highest BCUT2D eigenvalue weighted by Crippen LogP contribution is 2.51. The van der Waals surface area contributed by atoms with Crippen molar-refractivity contribution in [3.05, 3.63) is 157 Å². The predicted octanol–water partition coefficient (Wildman–Crippen LogP) is 10.6. The first kappa shape index (κ1) is 23.8. The lowest BCUT2D eigenvalue weighted by Crippen LogP contribution is -2.16. The van der Waals surface area contributed by atoms with Crippen LogP contribution in [0.2, 0.25) is 0 Å². The zero-order valence-corrected chi connectivity index (χ0v) is 23.3. The molecule has 8 rings (SSSR count). The molecule has 0 aliphatic heterocycles. The molecule has 1 aliphatic rings. The van der Waals surface area contributed by atoms with Crippen molar-refractivity contribution in [1.29, 1.82) is 0 Å². The third kappa shape index (κ3) is 3.50. The summed E-state index contributed by atoms with van der Waals surface area (Å²) in [6.45, 7) is 4.70. The molecular weight excluding hydrogens is 496 g/mol. The maximum atomic E-state index is 2.43. The second-order valence-electron chi connectivity index (χ2n) is 11.4. The van der Waals surface area contributed by atoms with Gasteiger partial charge in [-0.05, 0) is 76.9 Å². The molecule has 0 spiro atoms. The van der Waals surface area contributed by atoms with Gasteiger partial charge in [-0.3, -0.25) is 0 Å². The average molecular weight is 527 g/mol. The second-order valence-corrected chi connectivity index (χ2v) is 11.4. The van der Waals surface area contributed by atoms with Crippen molar-refractivity contribution in [2.45, 2.75) is 19.3 Å². The summed E-state index contributed by atoms with van der Waals surface area (Å²) in [7, 11) is 0. The minimum atomic E-state index is -0.0698. The predicted molar refractivity (Wildman–Crippen MR) is 173 cm³/mol. The molecule has 0 atom stereocenters. The molecule has 0 bridgehead atoms. The van der Waals surface area contributed by atoms with Crippen LogP contribution in [0.5, 0.6) is 0 Å². The molecule has 0 radical (unpaired) electrons. The number of hydrogen-bond donors (Lipinski definition) is 0. The second kappa shape index (κ2) is 8.97. The third-order valence-corrected chi connectivity index (χ3v) is 8.77. The van der Waals surface area contributed by atoms with Gasteiger partial charge >= 0.3 is 0 Å². The Morgan fingerprint density at radius 3 is 2.00 bits per heavy atom. The molecule has 196 valence electrons. The molecule has 1 heterocycles. The largest absolute Gasteiger partial charge is 0.310 e. The maximum Gasteiger partial charge on any atom is 0.0562 e. The smallest absolute Gasteiger partial charge is 0.0562 e. The van der Waals surface area contributed by atoms with Crippen molar-refractivity contribution >= 4 is 38.9 Å². The minimum absolute atomic E-state index is 0.0698. The Bertz CT molecular complexity index is 2070. The number of rotatable bonds is 4. The first-order chi connectivity index (χ1) is 20.1. The Labute approximate surface area is 240 Å². The summed E-state index contributed by atoms with van der Waals surface area (Å²) in [6.07, 6.45) is 0. The van der Waals surface area contributed by atoms with Crippen LogP contribution in [0.4, 0.5) is 17.1 Å². The number of nitrogens with zero attached hydrogens (tertiary/aromatic N) is 2. The fraction of sp³-hybridized carbons (Fsp3) is 0.0769. The molecule has 2 heteroatoms. The van der Waals surface area contributed by atoms with Gasteiger partial charge in [-0.1, -0.05) is 105 Å². The van der Waals surface area contributed by atoms with E-state index in [4.69, 9.17) is 0 Å². The molecule has 1 aromatic heterocycles. The number of aromatic nitrogens is 1. The zero-order chi connectivity index (χ0) is 27.6. The highest BCUT2D eigenvalue weighted by molar-refractivity contribution is 6.16. The summed E-state index contributed by atoms with van der Waals surface area (Å²) in [5.41, 5.74) is 12.4. The molecule has 0 saturated heterocycles. The molecule has 41 heavy (non-hydrogen) atoms. The fourth-order valence-corrected chi connectivity index (χ4v) is 6.88. The molecule has 7 aromatic rings. The van der Waals surface area contributed by atoms with Crippen molar-refractivity contribution < 1.29 is 0 Å². The number of benzene rings is 6. The molecule has 0 saturated carbocycles. The van der Waals surface area contributed by atoms with Gasteiger partial charge in [0.05, 0.1) is 16.7 Å². The first-order valence-electron chi connectivity index (χ1n) is 14.3. The lowest BCUT2D eigenvalue weighted by Gasteiger charge is -2.28.